The van der Waals surface area contributed by atoms with Crippen LogP contribution in [0.1, 0.15) is 173 Å². The van der Waals surface area contributed by atoms with Crippen molar-refractivity contribution in [2.45, 2.75) is 143 Å². The van der Waals surface area contributed by atoms with Gasteiger partial charge in [0.1, 0.15) is 35.2 Å². The van der Waals surface area contributed by atoms with Crippen LogP contribution in [0, 0.1) is 12.5 Å². The van der Waals surface area contributed by atoms with Crippen molar-refractivity contribution in [2.75, 3.05) is 63.5 Å². The molecule has 11 rings (SSSR count). The zero-order valence-corrected chi connectivity index (χ0v) is 58.0. The van der Waals surface area contributed by atoms with Gasteiger partial charge in [-0.15, -0.1) is 0 Å². The molecule has 18 heteroatoms. The van der Waals surface area contributed by atoms with Crippen molar-refractivity contribution >= 4 is 72.0 Å². The van der Waals surface area contributed by atoms with E-state index in [1.165, 1.54) is 0 Å². The third-order valence-corrected chi connectivity index (χ3v) is 21.4. The van der Waals surface area contributed by atoms with Crippen LogP contribution in [-0.4, -0.2) is 99.3 Å². The number of hydrogen-bond acceptors (Lipinski definition) is 12. The molecule has 0 aromatic heterocycles. The fourth-order valence-electron chi connectivity index (χ4n) is 14.8. The van der Waals surface area contributed by atoms with E-state index in [-0.39, 0.29) is 83.5 Å². The predicted molar refractivity (Wildman–Crippen MR) is 369 cm³/mol. The molecule has 5 aliphatic rings. The predicted octanol–water partition coefficient (Wildman–Crippen LogP) is 16.9. The van der Waals surface area contributed by atoms with Crippen LogP contribution in [0.5, 0.6) is 23.0 Å². The van der Waals surface area contributed by atoms with E-state index in [1.54, 1.807) is 32.1 Å². The lowest BCUT2D eigenvalue weighted by Crippen LogP contribution is -2.48. The Morgan fingerprint density at radius 2 is 1.43 bits per heavy atom. The minimum Gasteiger partial charge on any atom is -0.497 e. The van der Waals surface area contributed by atoms with Crippen LogP contribution in [0.2, 0.25) is 10.0 Å². The number of carbonyl (C=O) groups excluding carboxylic acids is 3. The summed E-state index contributed by atoms with van der Waals surface area (Å²) in [5.74, 6) is 0.816. The third kappa shape index (κ3) is 12.2. The van der Waals surface area contributed by atoms with Crippen LogP contribution in [0.15, 0.2) is 115 Å². The van der Waals surface area contributed by atoms with E-state index in [4.69, 9.17) is 62.5 Å². The lowest BCUT2D eigenvalue weighted by molar-refractivity contribution is -0.117. The quantitative estimate of drug-likeness (QED) is 0.0215. The van der Waals surface area contributed by atoms with Gasteiger partial charge in [0.25, 0.3) is 14.4 Å². The molecule has 0 radical (unpaired) electrons. The molecule has 3 atom stereocenters. The molecule has 0 bridgehead atoms. The van der Waals surface area contributed by atoms with Crippen molar-refractivity contribution in [1.82, 2.24) is 9.99 Å². The Kier molecular flexibility index (Phi) is 19.4. The van der Waals surface area contributed by atoms with Crippen molar-refractivity contribution < 1.29 is 47.1 Å². The number of amides is 2. The number of nitrogens with one attached hydrogen (secondary N) is 1. The van der Waals surface area contributed by atoms with Gasteiger partial charge in [0.05, 0.1) is 71.1 Å². The van der Waals surface area contributed by atoms with Gasteiger partial charge in [0, 0.05) is 77.5 Å². The Bertz CT molecular complexity index is 3920. The van der Waals surface area contributed by atoms with E-state index < -0.39 is 37.1 Å². The van der Waals surface area contributed by atoms with E-state index in [1.807, 2.05) is 99.6 Å². The fraction of sp³-hybridized carbons (Fsp3) is 0.413. The first kappa shape index (κ1) is 67.2. The van der Waals surface area contributed by atoms with E-state index in [2.05, 4.69) is 98.5 Å². The fourth-order valence-corrected chi connectivity index (χ4v) is 17.1. The van der Waals surface area contributed by atoms with Crippen LogP contribution < -0.4 is 29.3 Å². The molecule has 3 unspecified atom stereocenters. The Morgan fingerprint density at radius 3 is 2.05 bits per heavy atom. The average molecular weight is 1320 g/mol. The normalized spacial score (nSPS) is 17.9. The topological polar surface area (TPSA) is 142 Å². The lowest BCUT2D eigenvalue weighted by Gasteiger charge is -2.48. The highest BCUT2D eigenvalue weighted by atomic mass is 35.5. The molecule has 488 valence electrons. The number of nitrogens with zero attached hydrogens (tertiary/aromatic N) is 4. The first-order chi connectivity index (χ1) is 44.4. The van der Waals surface area contributed by atoms with Gasteiger partial charge in [-0.3, -0.25) is 9.59 Å². The van der Waals surface area contributed by atoms with Crippen molar-refractivity contribution in [3.8, 4) is 23.0 Å². The summed E-state index contributed by atoms with van der Waals surface area (Å²) in [5, 5.41) is 3.14. The summed E-state index contributed by atoms with van der Waals surface area (Å²) in [6.45, 7) is 32.1. The van der Waals surface area contributed by atoms with E-state index in [0.717, 1.165) is 63.2 Å². The highest BCUT2D eigenvalue weighted by Crippen LogP contribution is 2.64. The second-order valence-corrected chi connectivity index (χ2v) is 28.7. The molecule has 15 nitrogen and oxygen atoms in total. The first-order valence-corrected chi connectivity index (χ1v) is 34.1. The average Bonchev–Trinajstić information content (AvgIpc) is 1.64. The van der Waals surface area contributed by atoms with Crippen LogP contribution in [0.4, 0.5) is 11.4 Å². The summed E-state index contributed by atoms with van der Waals surface area (Å²) in [6, 6.07) is 33.7. The Balaban J connectivity index is 0.913. The van der Waals surface area contributed by atoms with Gasteiger partial charge in [0.15, 0.2) is 5.60 Å². The number of carbonyl (C=O) groups is 3. The smallest absolute Gasteiger partial charge is 0.341 e. The largest absolute Gasteiger partial charge is 0.497 e. The maximum absolute atomic E-state index is 15.1. The molecule has 5 heterocycles. The molecular weight excluding hydrogens is 1230 g/mol. The summed E-state index contributed by atoms with van der Waals surface area (Å²) >= 11 is 15.1. The maximum Gasteiger partial charge on any atom is 0.341 e. The third-order valence-electron chi connectivity index (χ3n) is 18.7. The lowest BCUT2D eigenvalue weighted by atomic mass is 9.72. The molecule has 2 amide bonds. The van der Waals surface area contributed by atoms with Gasteiger partial charge in [-0.2, -0.15) is 0 Å². The molecular formula is C75H84Cl2N5O10P. The first-order valence-electron chi connectivity index (χ1n) is 32.2. The monoisotopic (exact) mass is 1320 g/mol. The molecule has 6 aromatic rings. The van der Waals surface area contributed by atoms with Crippen molar-refractivity contribution in [1.29, 1.82) is 0 Å². The van der Waals surface area contributed by atoms with Crippen molar-refractivity contribution in [2.24, 2.45) is 5.92 Å². The van der Waals surface area contributed by atoms with E-state index in [9.17, 15) is 9.59 Å². The Labute approximate surface area is 559 Å². The summed E-state index contributed by atoms with van der Waals surface area (Å²) in [4.78, 5) is 51.2. The number of anilines is 2. The van der Waals surface area contributed by atoms with Crippen molar-refractivity contribution in [3.05, 3.63) is 198 Å². The molecule has 0 saturated heterocycles. The number of rotatable bonds is 23. The van der Waals surface area contributed by atoms with Gasteiger partial charge < -0.3 is 52.7 Å². The highest BCUT2D eigenvalue weighted by molar-refractivity contribution is 7.44. The van der Waals surface area contributed by atoms with Crippen LogP contribution in [0.3, 0.4) is 0 Å². The second kappa shape index (κ2) is 26.9. The summed E-state index contributed by atoms with van der Waals surface area (Å²) in [6.07, 6.45) is 7.75. The standard InChI is InChI=1S/C75H84Cl2N5O10P/c1-45(2)82(46(3)4)93(89-36-34-78-12)90-44-50(43-88-74(51-22-16-15-17-23-51,52-25-29-54(86-13)30-26-52)53-27-31-55(87-14)32-28-53)21-18-19-33-79-70(84)59-39-62(76)66-65(67(59)77)71(85)92-75(66)60-37-57-47(5)42-73(10,11)81(49(7)83)63(57)40-64(60)91-69-56-24-20-35-80-68(56)58(38-61(69)75)48(6)41-72(80,8)9/h15-17,22-23,25-32,37-42,45-46,50H,18-21,24,33-36,43-44H2,1-11,13-14H3,(H,79,84). The van der Waals surface area contributed by atoms with Gasteiger partial charge in [-0.05, 0) is 165 Å². The van der Waals surface area contributed by atoms with Crippen molar-refractivity contribution in [3.63, 3.8) is 0 Å². The van der Waals surface area contributed by atoms with Crippen LogP contribution in [0.25, 0.3) is 16.0 Å². The summed E-state index contributed by atoms with van der Waals surface area (Å²) < 4.78 is 48.3. The maximum atomic E-state index is 15.1. The number of unbranched alkanes of at least 4 members (excludes halogenated alkanes) is 1. The van der Waals surface area contributed by atoms with Gasteiger partial charge in [0.2, 0.25) is 12.5 Å². The molecule has 93 heavy (non-hydrogen) atoms. The number of methoxy groups -OCH3 is 2. The summed E-state index contributed by atoms with van der Waals surface area (Å²) in [7, 11) is 1.71. The minimum absolute atomic E-state index is 0.00350. The zero-order chi connectivity index (χ0) is 66.5. The van der Waals surface area contributed by atoms with Gasteiger partial charge in [-0.25, -0.2) is 16.0 Å². The number of fused-ring (bicyclic) bond motifs is 8. The molecule has 0 saturated carbocycles. The molecule has 1 N–H and O–H groups in total. The molecule has 5 aliphatic heterocycles. The van der Waals surface area contributed by atoms with Crippen LogP contribution in [-0.2, 0) is 40.9 Å². The second-order valence-electron chi connectivity index (χ2n) is 26.5. The highest BCUT2D eigenvalue weighted by Gasteiger charge is 2.58. The molecule has 0 fully saturated rings. The van der Waals surface area contributed by atoms with Crippen LogP contribution >= 0.6 is 31.7 Å². The Hall–Kier alpha value is -7.25. The molecule has 6 aromatic carbocycles. The Morgan fingerprint density at radius 1 is 0.806 bits per heavy atom. The SMILES string of the molecule is [C-]#[N+]CCOP(OCC(CCCCNC(=O)c1cc(Cl)c2c(c1Cl)C(=O)OC21c2cc3c(cc2Oc2c1cc1c4c2CCCN4C(C)(C)C=C1C)N(C(C)=O)C(C)(C)C=C3C)COC(c1ccccc1)(c1ccc(OC)cc1)c1ccc(OC)cc1)N(C(C)C)C(C)C. The minimum atomic E-state index is -1.68. The summed E-state index contributed by atoms with van der Waals surface area (Å²) in [5.41, 5.74) is 6.96. The molecule has 0 aliphatic carbocycles. The van der Waals surface area contributed by atoms with Gasteiger partial charge in [-0.1, -0.05) is 96.4 Å². The number of hydrogen-bond donors (Lipinski definition) is 1. The molecule has 1 spiro atoms. The van der Waals surface area contributed by atoms with E-state index in [0.29, 0.717) is 71.1 Å². The number of esters is 1. The number of ether oxygens (including phenoxy) is 5. The van der Waals surface area contributed by atoms with Gasteiger partial charge >= 0.3 is 5.97 Å². The number of benzene rings is 6. The number of halogens is 2. The number of allylic oxidation sites excluding steroid dienone is 2. The zero-order valence-electron chi connectivity index (χ0n) is 55.6. The van der Waals surface area contributed by atoms with E-state index >= 15 is 4.79 Å².